The number of hydrogen-bond donors (Lipinski definition) is 0. The van der Waals surface area contributed by atoms with Crippen LogP contribution in [0.2, 0.25) is 5.02 Å². The second kappa shape index (κ2) is 7.98. The van der Waals surface area contributed by atoms with E-state index < -0.39 is 0 Å². The van der Waals surface area contributed by atoms with Crippen molar-refractivity contribution in [2.24, 2.45) is 0 Å². The van der Waals surface area contributed by atoms with Gasteiger partial charge in [0.2, 0.25) is 0 Å². The highest BCUT2D eigenvalue weighted by Crippen LogP contribution is 2.35. The van der Waals surface area contributed by atoms with Crippen molar-refractivity contribution < 1.29 is 14.2 Å². The van der Waals surface area contributed by atoms with Gasteiger partial charge in [0.1, 0.15) is 17.2 Å². The van der Waals surface area contributed by atoms with Crippen LogP contribution in [0.15, 0.2) is 30.3 Å². The minimum Gasteiger partial charge on any atom is -0.496 e. The maximum absolute atomic E-state index is 6.31. The van der Waals surface area contributed by atoms with E-state index in [0.717, 1.165) is 60.3 Å². The Bertz CT molecular complexity index is 723. The van der Waals surface area contributed by atoms with Gasteiger partial charge < -0.3 is 14.2 Å². The molecule has 2 aromatic rings. The average Bonchev–Trinajstić information content (AvgIpc) is 2.65. The first-order chi connectivity index (χ1) is 12.2. The molecule has 0 aromatic heterocycles. The van der Waals surface area contributed by atoms with Crippen molar-refractivity contribution in [2.45, 2.75) is 19.4 Å². The van der Waals surface area contributed by atoms with Crippen LogP contribution in [-0.2, 0) is 19.4 Å². The van der Waals surface area contributed by atoms with Crippen LogP contribution in [-0.4, -0.2) is 39.3 Å². The zero-order valence-electron chi connectivity index (χ0n) is 15.0. The van der Waals surface area contributed by atoms with Crippen LogP contribution in [0, 0.1) is 0 Å². The monoisotopic (exact) mass is 361 g/mol. The molecule has 0 amide bonds. The molecule has 0 aliphatic carbocycles. The Balaban J connectivity index is 1.74. The molecule has 1 heterocycles. The van der Waals surface area contributed by atoms with Crippen molar-refractivity contribution in [1.82, 2.24) is 4.90 Å². The Hall–Kier alpha value is -1.91. The number of methoxy groups -OCH3 is 3. The van der Waals surface area contributed by atoms with Crippen LogP contribution in [0.1, 0.15) is 16.7 Å². The van der Waals surface area contributed by atoms with E-state index >= 15 is 0 Å². The molecule has 4 nitrogen and oxygen atoms in total. The topological polar surface area (TPSA) is 30.9 Å². The van der Waals surface area contributed by atoms with Gasteiger partial charge in [-0.15, -0.1) is 0 Å². The van der Waals surface area contributed by atoms with Gasteiger partial charge in [0.05, 0.1) is 21.3 Å². The van der Waals surface area contributed by atoms with E-state index in [1.165, 1.54) is 11.1 Å². The zero-order chi connectivity index (χ0) is 17.8. The summed E-state index contributed by atoms with van der Waals surface area (Å²) in [5, 5.41) is 0.885. The minimum absolute atomic E-state index is 0.735. The second-order valence-electron chi connectivity index (χ2n) is 6.16. The number of nitrogens with zero attached hydrogens (tertiary/aromatic N) is 1. The van der Waals surface area contributed by atoms with Crippen molar-refractivity contribution in [1.29, 1.82) is 0 Å². The summed E-state index contributed by atoms with van der Waals surface area (Å²) in [6.07, 6.45) is 1.85. The molecule has 0 N–H and O–H groups in total. The molecule has 0 atom stereocenters. The second-order valence-corrected chi connectivity index (χ2v) is 6.57. The fourth-order valence-electron chi connectivity index (χ4n) is 3.41. The number of halogens is 1. The van der Waals surface area contributed by atoms with E-state index in [1.807, 2.05) is 24.3 Å². The molecule has 0 saturated heterocycles. The van der Waals surface area contributed by atoms with Gasteiger partial charge in [-0.25, -0.2) is 0 Å². The highest BCUT2D eigenvalue weighted by molar-refractivity contribution is 6.31. The first-order valence-corrected chi connectivity index (χ1v) is 8.81. The molecule has 0 radical (unpaired) electrons. The van der Waals surface area contributed by atoms with Crippen molar-refractivity contribution in [3.05, 3.63) is 52.0 Å². The van der Waals surface area contributed by atoms with Crippen LogP contribution >= 0.6 is 11.6 Å². The average molecular weight is 362 g/mol. The third-order valence-corrected chi connectivity index (χ3v) is 5.14. The smallest absolute Gasteiger partial charge is 0.129 e. The Morgan fingerprint density at radius 2 is 1.76 bits per heavy atom. The lowest BCUT2D eigenvalue weighted by molar-refractivity contribution is 0.255. The van der Waals surface area contributed by atoms with Crippen LogP contribution in [0.4, 0.5) is 0 Å². The summed E-state index contributed by atoms with van der Waals surface area (Å²) in [5.74, 6) is 2.34. The van der Waals surface area contributed by atoms with Crippen molar-refractivity contribution in [3.8, 4) is 17.2 Å². The molecule has 1 aliphatic heterocycles. The molecule has 0 bridgehead atoms. The number of hydrogen-bond acceptors (Lipinski definition) is 4. The fourth-order valence-corrected chi connectivity index (χ4v) is 3.69. The molecular formula is C20H24ClNO3. The molecular weight excluding hydrogens is 338 g/mol. The van der Waals surface area contributed by atoms with Crippen molar-refractivity contribution in [2.75, 3.05) is 34.4 Å². The maximum atomic E-state index is 6.31. The minimum atomic E-state index is 0.735. The van der Waals surface area contributed by atoms with Crippen LogP contribution in [0.3, 0.4) is 0 Å². The SMILES string of the molecule is COc1cc(OC)c(CCN2CCc3c(Cl)cccc3C2)c(OC)c1. The molecule has 5 heteroatoms. The molecule has 1 aliphatic rings. The number of ether oxygens (including phenoxy) is 3. The lowest BCUT2D eigenvalue weighted by Gasteiger charge is -2.29. The lowest BCUT2D eigenvalue weighted by Crippen LogP contribution is -2.32. The predicted molar refractivity (Wildman–Crippen MR) is 100 cm³/mol. The fraction of sp³-hybridized carbons (Fsp3) is 0.400. The molecule has 0 saturated carbocycles. The largest absolute Gasteiger partial charge is 0.496 e. The highest BCUT2D eigenvalue weighted by atomic mass is 35.5. The number of fused-ring (bicyclic) bond motifs is 1. The van der Waals surface area contributed by atoms with E-state index in [-0.39, 0.29) is 0 Å². The summed E-state index contributed by atoms with van der Waals surface area (Å²) in [6, 6.07) is 9.98. The van der Waals surface area contributed by atoms with Gasteiger partial charge in [0.25, 0.3) is 0 Å². The molecule has 0 spiro atoms. The quantitative estimate of drug-likeness (QED) is 0.779. The molecule has 25 heavy (non-hydrogen) atoms. The molecule has 2 aromatic carbocycles. The van der Waals surface area contributed by atoms with Gasteiger partial charge in [-0.1, -0.05) is 23.7 Å². The first kappa shape index (κ1) is 17.9. The van der Waals surface area contributed by atoms with Gasteiger partial charge in [-0.05, 0) is 30.0 Å². The predicted octanol–water partition coefficient (Wildman–Crippen LogP) is 3.97. The summed E-state index contributed by atoms with van der Waals surface area (Å²) in [5.41, 5.74) is 3.69. The Kier molecular flexibility index (Phi) is 5.71. The van der Waals surface area contributed by atoms with E-state index in [0.29, 0.717) is 0 Å². The third-order valence-electron chi connectivity index (χ3n) is 4.78. The number of benzene rings is 2. The summed E-state index contributed by atoms with van der Waals surface area (Å²) in [6.45, 7) is 2.87. The normalized spacial score (nSPS) is 14.1. The van der Waals surface area contributed by atoms with Gasteiger partial charge in [-0.3, -0.25) is 4.90 Å². The van der Waals surface area contributed by atoms with E-state index in [1.54, 1.807) is 21.3 Å². The summed E-state index contributed by atoms with van der Waals surface area (Å²) in [7, 11) is 5.00. The highest BCUT2D eigenvalue weighted by Gasteiger charge is 2.20. The maximum Gasteiger partial charge on any atom is 0.129 e. The number of rotatable bonds is 6. The van der Waals surface area contributed by atoms with E-state index in [9.17, 15) is 0 Å². The third kappa shape index (κ3) is 3.86. The van der Waals surface area contributed by atoms with E-state index in [2.05, 4.69) is 11.0 Å². The Morgan fingerprint density at radius 3 is 2.40 bits per heavy atom. The Labute approximate surface area is 154 Å². The van der Waals surface area contributed by atoms with Crippen molar-refractivity contribution >= 4 is 11.6 Å². The zero-order valence-corrected chi connectivity index (χ0v) is 15.7. The standard InChI is InChI=1S/C20H24ClNO3/c1-23-15-11-19(24-2)17(20(12-15)25-3)8-10-22-9-7-16-14(13-22)5-4-6-18(16)21/h4-6,11-12H,7-10,13H2,1-3H3. The summed E-state index contributed by atoms with van der Waals surface area (Å²) >= 11 is 6.31. The van der Waals surface area contributed by atoms with Gasteiger partial charge in [0, 0.05) is 42.4 Å². The first-order valence-electron chi connectivity index (χ1n) is 8.43. The van der Waals surface area contributed by atoms with Gasteiger partial charge in [0.15, 0.2) is 0 Å². The summed E-state index contributed by atoms with van der Waals surface area (Å²) < 4.78 is 16.4. The molecule has 134 valence electrons. The van der Waals surface area contributed by atoms with E-state index in [4.69, 9.17) is 25.8 Å². The summed E-state index contributed by atoms with van der Waals surface area (Å²) in [4.78, 5) is 2.45. The van der Waals surface area contributed by atoms with Crippen LogP contribution < -0.4 is 14.2 Å². The molecule has 0 fully saturated rings. The molecule has 0 unspecified atom stereocenters. The van der Waals surface area contributed by atoms with Crippen LogP contribution in [0.25, 0.3) is 0 Å². The van der Waals surface area contributed by atoms with Crippen LogP contribution in [0.5, 0.6) is 17.2 Å². The Morgan fingerprint density at radius 1 is 1.04 bits per heavy atom. The lowest BCUT2D eigenvalue weighted by atomic mass is 9.99. The molecule has 3 rings (SSSR count). The van der Waals surface area contributed by atoms with Gasteiger partial charge >= 0.3 is 0 Å². The van der Waals surface area contributed by atoms with Gasteiger partial charge in [-0.2, -0.15) is 0 Å². The van der Waals surface area contributed by atoms with Crippen molar-refractivity contribution in [3.63, 3.8) is 0 Å².